The Morgan fingerprint density at radius 3 is 2.74 bits per heavy atom. The summed E-state index contributed by atoms with van der Waals surface area (Å²) in [5.41, 5.74) is 0.385. The number of thioether (sulfide) groups is 1. The number of hydrogen-bond acceptors (Lipinski definition) is 6. The highest BCUT2D eigenvalue weighted by Gasteiger charge is 2.17. The van der Waals surface area contributed by atoms with Gasteiger partial charge in [-0.3, -0.25) is 19.0 Å². The maximum atomic E-state index is 13.1. The minimum absolute atomic E-state index is 0.0554. The highest BCUT2D eigenvalue weighted by Crippen LogP contribution is 2.19. The molecule has 1 heterocycles. The molecule has 2 amide bonds. The third-order valence-electron chi connectivity index (χ3n) is 5.32. The number of amides is 2. The zero-order chi connectivity index (χ0) is 22.1. The SMILES string of the molecule is COCCNC(=O)CSc1nc2ccccc2c(=O)n1CCC(=O)NC1CCCCC1. The molecule has 1 aliphatic carbocycles. The molecule has 0 unspecified atom stereocenters. The van der Waals surface area contributed by atoms with Crippen molar-refractivity contribution in [1.29, 1.82) is 0 Å². The molecule has 0 aliphatic heterocycles. The Bertz CT molecular complexity index is 956. The van der Waals surface area contributed by atoms with Crippen LogP contribution in [0.1, 0.15) is 38.5 Å². The third kappa shape index (κ3) is 6.80. The van der Waals surface area contributed by atoms with E-state index in [1.807, 2.05) is 6.07 Å². The molecule has 9 heteroatoms. The molecule has 3 rings (SSSR count). The molecule has 2 N–H and O–H groups in total. The Morgan fingerprint density at radius 2 is 1.97 bits per heavy atom. The van der Waals surface area contributed by atoms with E-state index in [0.717, 1.165) is 25.7 Å². The van der Waals surface area contributed by atoms with Crippen molar-refractivity contribution in [2.75, 3.05) is 26.0 Å². The van der Waals surface area contributed by atoms with E-state index in [4.69, 9.17) is 4.74 Å². The molecule has 31 heavy (non-hydrogen) atoms. The average molecular weight is 447 g/mol. The number of para-hydroxylation sites is 1. The first kappa shape index (κ1) is 23.3. The summed E-state index contributed by atoms with van der Waals surface area (Å²) in [5, 5.41) is 6.79. The lowest BCUT2D eigenvalue weighted by Gasteiger charge is -2.23. The lowest BCUT2D eigenvalue weighted by atomic mass is 9.95. The number of fused-ring (bicyclic) bond motifs is 1. The maximum Gasteiger partial charge on any atom is 0.262 e. The van der Waals surface area contributed by atoms with Crippen molar-refractivity contribution >= 4 is 34.5 Å². The van der Waals surface area contributed by atoms with Gasteiger partial charge in [-0.25, -0.2) is 4.98 Å². The minimum atomic E-state index is -0.196. The first-order valence-corrected chi connectivity index (χ1v) is 11.7. The van der Waals surface area contributed by atoms with Crippen LogP contribution in [0, 0.1) is 0 Å². The van der Waals surface area contributed by atoms with Crippen LogP contribution in [0.3, 0.4) is 0 Å². The second-order valence-electron chi connectivity index (χ2n) is 7.65. The van der Waals surface area contributed by atoms with E-state index in [1.165, 1.54) is 22.7 Å². The van der Waals surface area contributed by atoms with Crippen molar-refractivity contribution in [3.63, 3.8) is 0 Å². The Kier molecular flexibility index (Phi) is 8.90. The lowest BCUT2D eigenvalue weighted by Crippen LogP contribution is -2.37. The first-order valence-electron chi connectivity index (χ1n) is 10.8. The van der Waals surface area contributed by atoms with E-state index in [9.17, 15) is 14.4 Å². The third-order valence-corrected chi connectivity index (χ3v) is 6.30. The molecule has 8 nitrogen and oxygen atoms in total. The summed E-state index contributed by atoms with van der Waals surface area (Å²) in [6.07, 6.45) is 5.75. The molecule has 1 fully saturated rings. The number of methoxy groups -OCH3 is 1. The second kappa shape index (κ2) is 11.9. The van der Waals surface area contributed by atoms with E-state index in [-0.39, 0.29) is 42.1 Å². The van der Waals surface area contributed by atoms with Gasteiger partial charge in [-0.1, -0.05) is 43.2 Å². The summed E-state index contributed by atoms with van der Waals surface area (Å²) in [5.74, 6) is -0.0887. The molecule has 0 radical (unpaired) electrons. The van der Waals surface area contributed by atoms with Crippen LogP contribution >= 0.6 is 11.8 Å². The predicted molar refractivity (Wildman–Crippen MR) is 121 cm³/mol. The van der Waals surface area contributed by atoms with Gasteiger partial charge in [-0.2, -0.15) is 0 Å². The van der Waals surface area contributed by atoms with E-state index in [0.29, 0.717) is 29.2 Å². The standard InChI is InChI=1S/C22H30N4O4S/c1-30-14-12-23-20(28)15-31-22-25-18-10-6-5-9-17(18)21(29)26(22)13-11-19(27)24-16-7-3-2-4-8-16/h5-6,9-10,16H,2-4,7-8,11-15H2,1H3,(H,23,28)(H,24,27). The molecule has 168 valence electrons. The summed E-state index contributed by atoms with van der Waals surface area (Å²) < 4.78 is 6.44. The van der Waals surface area contributed by atoms with Gasteiger partial charge in [0, 0.05) is 32.7 Å². The smallest absolute Gasteiger partial charge is 0.262 e. The summed E-state index contributed by atoms with van der Waals surface area (Å²) in [4.78, 5) is 42.2. The Balaban J connectivity index is 1.70. The Labute approximate surface area is 186 Å². The van der Waals surface area contributed by atoms with Gasteiger partial charge in [0.15, 0.2) is 5.16 Å². The number of hydrogen-bond donors (Lipinski definition) is 2. The number of rotatable bonds is 10. The molecule has 0 saturated heterocycles. The van der Waals surface area contributed by atoms with Crippen molar-refractivity contribution in [3.05, 3.63) is 34.6 Å². The summed E-state index contributed by atoms with van der Waals surface area (Å²) in [6.45, 7) is 1.09. The molecule has 0 atom stereocenters. The van der Waals surface area contributed by atoms with Gasteiger partial charge < -0.3 is 15.4 Å². The highest BCUT2D eigenvalue weighted by molar-refractivity contribution is 7.99. The van der Waals surface area contributed by atoms with Crippen molar-refractivity contribution in [1.82, 2.24) is 20.2 Å². The van der Waals surface area contributed by atoms with E-state index < -0.39 is 0 Å². The second-order valence-corrected chi connectivity index (χ2v) is 8.59. The van der Waals surface area contributed by atoms with Gasteiger partial charge in [0.1, 0.15) is 0 Å². The summed E-state index contributed by atoms with van der Waals surface area (Å²) >= 11 is 1.20. The number of nitrogens with one attached hydrogen (secondary N) is 2. The fourth-order valence-corrected chi connectivity index (χ4v) is 4.54. The zero-order valence-electron chi connectivity index (χ0n) is 17.9. The molecular formula is C22H30N4O4S. The van der Waals surface area contributed by atoms with E-state index in [2.05, 4.69) is 15.6 Å². The fourth-order valence-electron chi connectivity index (χ4n) is 3.69. The average Bonchev–Trinajstić information content (AvgIpc) is 2.78. The molecule has 1 aromatic carbocycles. The van der Waals surface area contributed by atoms with Crippen LogP contribution in [0.2, 0.25) is 0 Å². The van der Waals surface area contributed by atoms with Crippen LogP contribution in [0.5, 0.6) is 0 Å². The van der Waals surface area contributed by atoms with Crippen LogP contribution in [0.4, 0.5) is 0 Å². The quantitative estimate of drug-likeness (QED) is 0.329. The van der Waals surface area contributed by atoms with Gasteiger partial charge in [-0.05, 0) is 25.0 Å². The minimum Gasteiger partial charge on any atom is -0.383 e. The highest BCUT2D eigenvalue weighted by atomic mass is 32.2. The van der Waals surface area contributed by atoms with Gasteiger partial charge in [-0.15, -0.1) is 0 Å². The zero-order valence-corrected chi connectivity index (χ0v) is 18.7. The van der Waals surface area contributed by atoms with E-state index in [1.54, 1.807) is 25.3 Å². The molecule has 1 saturated carbocycles. The van der Waals surface area contributed by atoms with Crippen molar-refractivity contribution in [2.45, 2.75) is 56.3 Å². The molecule has 2 aromatic rings. The van der Waals surface area contributed by atoms with Gasteiger partial charge in [0.2, 0.25) is 11.8 Å². The number of nitrogens with zero attached hydrogens (tertiary/aromatic N) is 2. The monoisotopic (exact) mass is 446 g/mol. The maximum absolute atomic E-state index is 13.1. The number of benzene rings is 1. The van der Waals surface area contributed by atoms with Crippen LogP contribution in [-0.4, -0.2) is 53.4 Å². The summed E-state index contributed by atoms with van der Waals surface area (Å²) in [6, 6.07) is 7.36. The molecule has 1 aromatic heterocycles. The first-order chi connectivity index (χ1) is 15.1. The topological polar surface area (TPSA) is 102 Å². The van der Waals surface area contributed by atoms with Crippen LogP contribution < -0.4 is 16.2 Å². The lowest BCUT2D eigenvalue weighted by molar-refractivity contribution is -0.122. The number of aromatic nitrogens is 2. The molecule has 0 spiro atoms. The molecule has 1 aliphatic rings. The molecular weight excluding hydrogens is 416 g/mol. The van der Waals surface area contributed by atoms with Crippen LogP contribution in [0.25, 0.3) is 10.9 Å². The van der Waals surface area contributed by atoms with Crippen LogP contribution in [0.15, 0.2) is 34.2 Å². The largest absolute Gasteiger partial charge is 0.383 e. The predicted octanol–water partition coefficient (Wildman–Crippen LogP) is 2.09. The molecule has 0 bridgehead atoms. The Hall–Kier alpha value is -2.39. The van der Waals surface area contributed by atoms with Crippen LogP contribution in [-0.2, 0) is 20.9 Å². The van der Waals surface area contributed by atoms with Gasteiger partial charge >= 0.3 is 0 Å². The van der Waals surface area contributed by atoms with Gasteiger partial charge in [0.05, 0.1) is 23.3 Å². The Morgan fingerprint density at radius 1 is 1.19 bits per heavy atom. The van der Waals surface area contributed by atoms with E-state index >= 15 is 0 Å². The fraction of sp³-hybridized carbons (Fsp3) is 0.545. The van der Waals surface area contributed by atoms with Gasteiger partial charge in [0.25, 0.3) is 5.56 Å². The normalized spacial score (nSPS) is 14.5. The van der Waals surface area contributed by atoms with Crippen molar-refractivity contribution < 1.29 is 14.3 Å². The van der Waals surface area contributed by atoms with Crippen molar-refractivity contribution in [3.8, 4) is 0 Å². The van der Waals surface area contributed by atoms with Crippen molar-refractivity contribution in [2.24, 2.45) is 0 Å². The number of ether oxygens (including phenoxy) is 1. The summed E-state index contributed by atoms with van der Waals surface area (Å²) in [7, 11) is 1.57. The number of carbonyl (C=O) groups is 2. The number of carbonyl (C=O) groups excluding carboxylic acids is 2.